The zero-order valence-corrected chi connectivity index (χ0v) is 11.7. The first-order chi connectivity index (χ1) is 8.16. The molecule has 3 saturated carbocycles. The number of ketones is 1. The molecular weight excluding hydrogens is 228 g/mol. The van der Waals surface area contributed by atoms with Gasteiger partial charge in [0.05, 0.1) is 23.0 Å². The fraction of sp³-hybridized carbons (Fsp3) is 0.933. The van der Waals surface area contributed by atoms with E-state index in [1.165, 1.54) is 0 Å². The molecule has 3 fully saturated rings. The smallest absolute Gasteiger partial charge is 0.148 e. The van der Waals surface area contributed by atoms with Crippen molar-refractivity contribution in [3.8, 4) is 0 Å². The van der Waals surface area contributed by atoms with Crippen molar-refractivity contribution in [2.75, 3.05) is 0 Å². The van der Waals surface area contributed by atoms with Gasteiger partial charge in [0.25, 0.3) is 0 Å². The molecule has 3 heteroatoms. The van der Waals surface area contributed by atoms with E-state index in [-0.39, 0.29) is 29.0 Å². The number of aliphatic hydroxyl groups excluding tert-OH is 1. The summed E-state index contributed by atoms with van der Waals surface area (Å²) in [6, 6.07) is 0. The van der Waals surface area contributed by atoms with Gasteiger partial charge in [0.1, 0.15) is 5.78 Å². The van der Waals surface area contributed by atoms with Crippen molar-refractivity contribution in [1.29, 1.82) is 0 Å². The van der Waals surface area contributed by atoms with Gasteiger partial charge in [-0.1, -0.05) is 20.8 Å². The molecule has 6 atom stereocenters. The second-order valence-electron chi connectivity index (χ2n) is 7.66. The minimum atomic E-state index is -1.06. The summed E-state index contributed by atoms with van der Waals surface area (Å²) < 4.78 is 0. The predicted octanol–water partition coefficient (Wildman–Crippen LogP) is 1.76. The average Bonchev–Trinajstić information content (AvgIpc) is 2.59. The lowest BCUT2D eigenvalue weighted by atomic mass is 9.61. The van der Waals surface area contributed by atoms with Crippen LogP contribution in [-0.4, -0.2) is 27.7 Å². The van der Waals surface area contributed by atoms with Crippen LogP contribution in [0.2, 0.25) is 0 Å². The van der Waals surface area contributed by atoms with Gasteiger partial charge in [-0.3, -0.25) is 4.79 Å². The summed E-state index contributed by atoms with van der Waals surface area (Å²) in [6.07, 6.45) is 1.68. The van der Waals surface area contributed by atoms with Crippen LogP contribution in [0.5, 0.6) is 0 Å². The number of carbonyl (C=O) groups excluding carboxylic acids is 1. The van der Waals surface area contributed by atoms with Crippen molar-refractivity contribution in [3.05, 3.63) is 0 Å². The number of hydrogen-bond donors (Lipinski definition) is 2. The van der Waals surface area contributed by atoms with Crippen LogP contribution in [0.15, 0.2) is 0 Å². The fourth-order valence-corrected chi connectivity index (χ4v) is 5.92. The molecule has 0 amide bonds. The third-order valence-electron chi connectivity index (χ3n) is 6.39. The van der Waals surface area contributed by atoms with E-state index in [0.717, 1.165) is 12.8 Å². The third-order valence-corrected chi connectivity index (χ3v) is 6.39. The molecule has 0 aromatic heterocycles. The molecule has 0 aliphatic heterocycles. The van der Waals surface area contributed by atoms with Gasteiger partial charge in [-0.25, -0.2) is 0 Å². The number of aliphatic hydroxyl groups is 2. The molecule has 2 bridgehead atoms. The molecule has 0 aromatic carbocycles. The molecule has 0 heterocycles. The van der Waals surface area contributed by atoms with E-state index in [1.807, 2.05) is 0 Å². The molecule has 0 aromatic rings. The molecule has 0 saturated heterocycles. The zero-order valence-electron chi connectivity index (χ0n) is 11.7. The Morgan fingerprint density at radius 3 is 2.44 bits per heavy atom. The van der Waals surface area contributed by atoms with Gasteiger partial charge in [0.2, 0.25) is 0 Å². The van der Waals surface area contributed by atoms with Crippen LogP contribution >= 0.6 is 0 Å². The molecule has 3 nitrogen and oxygen atoms in total. The van der Waals surface area contributed by atoms with Crippen molar-refractivity contribution in [1.82, 2.24) is 0 Å². The van der Waals surface area contributed by atoms with Gasteiger partial charge < -0.3 is 10.2 Å². The summed E-state index contributed by atoms with van der Waals surface area (Å²) in [6.45, 7) is 8.03. The highest BCUT2D eigenvalue weighted by atomic mass is 16.3. The van der Waals surface area contributed by atoms with Crippen molar-refractivity contribution in [3.63, 3.8) is 0 Å². The minimum absolute atomic E-state index is 0.131. The van der Waals surface area contributed by atoms with Crippen molar-refractivity contribution < 1.29 is 15.0 Å². The molecular formula is C15H24O3. The highest BCUT2D eigenvalue weighted by Crippen LogP contribution is 2.71. The van der Waals surface area contributed by atoms with Gasteiger partial charge >= 0.3 is 0 Å². The van der Waals surface area contributed by atoms with E-state index in [1.54, 1.807) is 6.92 Å². The average molecular weight is 252 g/mol. The summed E-state index contributed by atoms with van der Waals surface area (Å²) in [7, 11) is 0. The largest absolute Gasteiger partial charge is 0.392 e. The Kier molecular flexibility index (Phi) is 2.23. The maximum atomic E-state index is 12.9. The number of rotatable bonds is 0. The molecule has 1 spiro atoms. The van der Waals surface area contributed by atoms with Gasteiger partial charge in [0.15, 0.2) is 0 Å². The Labute approximate surface area is 109 Å². The van der Waals surface area contributed by atoms with E-state index in [0.29, 0.717) is 6.42 Å². The monoisotopic (exact) mass is 252 g/mol. The Morgan fingerprint density at radius 1 is 1.22 bits per heavy atom. The second kappa shape index (κ2) is 3.18. The van der Waals surface area contributed by atoms with E-state index in [2.05, 4.69) is 20.8 Å². The van der Waals surface area contributed by atoms with Crippen LogP contribution in [0.4, 0.5) is 0 Å². The third kappa shape index (κ3) is 1.07. The first kappa shape index (κ1) is 12.6. The van der Waals surface area contributed by atoms with Crippen LogP contribution in [0.1, 0.15) is 47.0 Å². The topological polar surface area (TPSA) is 57.5 Å². The number of fused-ring (bicyclic) bond motifs is 1. The molecule has 18 heavy (non-hydrogen) atoms. The zero-order chi connectivity index (χ0) is 13.5. The maximum absolute atomic E-state index is 12.9. The molecule has 0 radical (unpaired) electrons. The van der Waals surface area contributed by atoms with Gasteiger partial charge in [-0.2, -0.15) is 0 Å². The highest BCUT2D eigenvalue weighted by molar-refractivity contribution is 5.94. The number of hydrogen-bond acceptors (Lipinski definition) is 3. The van der Waals surface area contributed by atoms with Crippen molar-refractivity contribution >= 4 is 5.78 Å². The Bertz CT molecular complexity index is 412. The molecule has 3 aliphatic carbocycles. The fourth-order valence-electron chi connectivity index (χ4n) is 5.92. The van der Waals surface area contributed by atoms with Crippen molar-refractivity contribution in [2.45, 2.75) is 58.7 Å². The van der Waals surface area contributed by atoms with Crippen LogP contribution < -0.4 is 0 Å². The summed E-state index contributed by atoms with van der Waals surface area (Å²) in [5.74, 6) is 0.277. The van der Waals surface area contributed by atoms with E-state index < -0.39 is 17.1 Å². The van der Waals surface area contributed by atoms with Gasteiger partial charge in [-0.15, -0.1) is 0 Å². The normalized spacial score (nSPS) is 57.8. The molecule has 3 rings (SSSR count). The van der Waals surface area contributed by atoms with E-state index in [4.69, 9.17) is 0 Å². The maximum Gasteiger partial charge on any atom is 0.148 e. The van der Waals surface area contributed by atoms with Crippen LogP contribution in [0, 0.1) is 28.6 Å². The summed E-state index contributed by atoms with van der Waals surface area (Å²) in [5.41, 5.74) is -1.84. The van der Waals surface area contributed by atoms with Gasteiger partial charge in [0, 0.05) is 6.42 Å². The van der Waals surface area contributed by atoms with Crippen LogP contribution in [0.3, 0.4) is 0 Å². The lowest BCUT2D eigenvalue weighted by Crippen LogP contribution is -2.57. The van der Waals surface area contributed by atoms with Crippen LogP contribution in [0.25, 0.3) is 0 Å². The second-order valence-corrected chi connectivity index (χ2v) is 7.66. The predicted molar refractivity (Wildman–Crippen MR) is 67.8 cm³/mol. The van der Waals surface area contributed by atoms with E-state index >= 15 is 0 Å². The van der Waals surface area contributed by atoms with Crippen LogP contribution in [-0.2, 0) is 4.79 Å². The summed E-state index contributed by atoms with van der Waals surface area (Å²) >= 11 is 0. The first-order valence-corrected chi connectivity index (χ1v) is 7.11. The molecule has 3 aliphatic rings. The van der Waals surface area contributed by atoms with E-state index in [9.17, 15) is 15.0 Å². The highest BCUT2D eigenvalue weighted by Gasteiger charge is 2.76. The minimum Gasteiger partial charge on any atom is -0.392 e. The Morgan fingerprint density at radius 2 is 1.83 bits per heavy atom. The van der Waals surface area contributed by atoms with Gasteiger partial charge in [-0.05, 0) is 37.0 Å². The lowest BCUT2D eigenvalue weighted by molar-refractivity contribution is -0.164. The number of carbonyl (C=O) groups is 1. The molecule has 102 valence electrons. The molecule has 0 unspecified atom stereocenters. The first-order valence-electron chi connectivity index (χ1n) is 7.11. The lowest BCUT2D eigenvalue weighted by Gasteiger charge is -2.45. The standard InChI is InChI=1S/C15H24O3/c1-8-5-6-9-13(2,3)11-12(17)15(8,9)10(16)7-14(11,4)18/h8-11,16,18H,5-7H2,1-4H3/t8-,9+,10+,11-,14-,15+/m1/s1. The molecule has 2 N–H and O–H groups in total. The Hall–Kier alpha value is -0.410. The quantitative estimate of drug-likeness (QED) is 0.690. The SMILES string of the molecule is C[C@@H]1CC[C@H]2C(C)(C)[C@H]3C(=O)[C@@]12[C@@H](O)C[C@@]3(C)O. The number of Topliss-reactive ketones (excluding diaryl/α,β-unsaturated/α-hetero) is 1. The van der Waals surface area contributed by atoms with Crippen molar-refractivity contribution in [2.24, 2.45) is 28.6 Å². The summed E-state index contributed by atoms with van der Waals surface area (Å²) in [5, 5.41) is 21.2. The Balaban J connectivity index is 2.23. The summed E-state index contributed by atoms with van der Waals surface area (Å²) in [4.78, 5) is 12.9.